The lowest BCUT2D eigenvalue weighted by molar-refractivity contribution is 0.0203. The fourth-order valence-corrected chi connectivity index (χ4v) is 3.04. The van der Waals surface area contributed by atoms with Gasteiger partial charge in [-0.1, -0.05) is 19.3 Å². The number of ether oxygens (including phenoxy) is 1. The number of aliphatic hydroxyl groups excluding tert-OH is 1. The van der Waals surface area contributed by atoms with Crippen molar-refractivity contribution in [3.05, 3.63) is 0 Å². The molecule has 0 aromatic heterocycles. The molecule has 1 aliphatic carbocycles. The summed E-state index contributed by atoms with van der Waals surface area (Å²) in [5.74, 6) is 1.32. The topological polar surface area (TPSA) is 29.5 Å². The van der Waals surface area contributed by atoms with Crippen LogP contribution in [0.15, 0.2) is 0 Å². The van der Waals surface area contributed by atoms with E-state index in [9.17, 15) is 5.11 Å². The van der Waals surface area contributed by atoms with Crippen molar-refractivity contribution in [3.63, 3.8) is 0 Å². The van der Waals surface area contributed by atoms with Gasteiger partial charge in [0.2, 0.25) is 0 Å². The highest BCUT2D eigenvalue weighted by Gasteiger charge is 2.25. The second-order valence-corrected chi connectivity index (χ2v) is 5.26. The van der Waals surface area contributed by atoms with Gasteiger partial charge in [-0.15, -0.1) is 0 Å². The molecule has 15 heavy (non-hydrogen) atoms. The Morgan fingerprint density at radius 3 is 2.33 bits per heavy atom. The lowest BCUT2D eigenvalue weighted by atomic mass is 9.81. The molecular weight excluding hydrogens is 188 g/mol. The average molecular weight is 212 g/mol. The summed E-state index contributed by atoms with van der Waals surface area (Å²) >= 11 is 0. The van der Waals surface area contributed by atoms with Crippen molar-refractivity contribution in [2.24, 2.45) is 11.8 Å². The van der Waals surface area contributed by atoms with Crippen molar-refractivity contribution in [2.75, 3.05) is 13.2 Å². The molecule has 0 amide bonds. The Hall–Kier alpha value is -0.0800. The summed E-state index contributed by atoms with van der Waals surface area (Å²) in [7, 11) is 0. The van der Waals surface area contributed by atoms with E-state index in [4.69, 9.17) is 4.74 Å². The van der Waals surface area contributed by atoms with Gasteiger partial charge >= 0.3 is 0 Å². The van der Waals surface area contributed by atoms with E-state index in [0.29, 0.717) is 5.92 Å². The molecule has 2 rings (SSSR count). The first-order valence-electron chi connectivity index (χ1n) is 6.62. The first kappa shape index (κ1) is 11.4. The second kappa shape index (κ2) is 5.86. The standard InChI is InChI=1S/C13H24O2/c14-13(12-4-2-1-3-5-12)10-11-6-8-15-9-7-11/h11-14H,1-10H2. The van der Waals surface area contributed by atoms with Gasteiger partial charge in [0, 0.05) is 13.2 Å². The van der Waals surface area contributed by atoms with Gasteiger partial charge < -0.3 is 9.84 Å². The first-order valence-corrected chi connectivity index (χ1v) is 6.62. The summed E-state index contributed by atoms with van der Waals surface area (Å²) in [4.78, 5) is 0. The highest BCUT2D eigenvalue weighted by molar-refractivity contribution is 4.76. The molecule has 0 bridgehead atoms. The van der Waals surface area contributed by atoms with E-state index in [0.717, 1.165) is 38.4 Å². The summed E-state index contributed by atoms with van der Waals surface area (Å²) in [6.07, 6.45) is 9.84. The molecular formula is C13H24O2. The van der Waals surface area contributed by atoms with Gasteiger partial charge in [-0.3, -0.25) is 0 Å². The fourth-order valence-electron chi connectivity index (χ4n) is 3.04. The van der Waals surface area contributed by atoms with Crippen molar-refractivity contribution >= 4 is 0 Å². The fraction of sp³-hybridized carbons (Fsp3) is 1.00. The summed E-state index contributed by atoms with van der Waals surface area (Å²) in [6.45, 7) is 1.81. The third kappa shape index (κ3) is 3.46. The largest absolute Gasteiger partial charge is 0.393 e. The molecule has 1 atom stereocenters. The zero-order valence-corrected chi connectivity index (χ0v) is 9.66. The van der Waals surface area contributed by atoms with Crippen LogP contribution in [0.5, 0.6) is 0 Å². The van der Waals surface area contributed by atoms with E-state index in [-0.39, 0.29) is 6.10 Å². The first-order chi connectivity index (χ1) is 7.36. The summed E-state index contributed by atoms with van der Waals surface area (Å²) in [5, 5.41) is 10.2. The van der Waals surface area contributed by atoms with E-state index in [1.807, 2.05) is 0 Å². The van der Waals surface area contributed by atoms with Crippen molar-refractivity contribution in [1.29, 1.82) is 0 Å². The minimum atomic E-state index is -0.0339. The molecule has 0 spiro atoms. The molecule has 1 N–H and O–H groups in total. The summed E-state index contributed by atoms with van der Waals surface area (Å²) in [6, 6.07) is 0. The Labute approximate surface area is 93.0 Å². The predicted molar refractivity (Wildman–Crippen MR) is 60.7 cm³/mol. The molecule has 0 aromatic carbocycles. The minimum Gasteiger partial charge on any atom is -0.393 e. The maximum absolute atomic E-state index is 10.2. The zero-order valence-electron chi connectivity index (χ0n) is 9.66. The Morgan fingerprint density at radius 1 is 1.00 bits per heavy atom. The Kier molecular flexibility index (Phi) is 4.45. The van der Waals surface area contributed by atoms with Crippen LogP contribution in [0.4, 0.5) is 0 Å². The molecule has 2 aliphatic rings. The van der Waals surface area contributed by atoms with Gasteiger partial charge in [-0.2, -0.15) is 0 Å². The SMILES string of the molecule is OC(CC1CCOCC1)C1CCCCC1. The lowest BCUT2D eigenvalue weighted by Gasteiger charge is -2.30. The van der Waals surface area contributed by atoms with Gasteiger partial charge in [-0.25, -0.2) is 0 Å². The van der Waals surface area contributed by atoms with E-state index in [1.54, 1.807) is 0 Å². The third-order valence-electron chi connectivity index (χ3n) is 4.11. The Balaban J connectivity index is 1.72. The predicted octanol–water partition coefficient (Wildman–Crippen LogP) is 2.74. The van der Waals surface area contributed by atoms with E-state index in [2.05, 4.69) is 0 Å². The maximum atomic E-state index is 10.2. The monoisotopic (exact) mass is 212 g/mol. The van der Waals surface area contributed by atoms with Gasteiger partial charge in [0.15, 0.2) is 0 Å². The minimum absolute atomic E-state index is 0.0339. The Bertz CT molecular complexity index is 169. The molecule has 1 unspecified atom stereocenters. The van der Waals surface area contributed by atoms with Crippen LogP contribution in [0.25, 0.3) is 0 Å². The molecule has 2 nitrogen and oxygen atoms in total. The highest BCUT2D eigenvalue weighted by Crippen LogP contribution is 2.31. The van der Waals surface area contributed by atoms with Crippen molar-refractivity contribution < 1.29 is 9.84 Å². The van der Waals surface area contributed by atoms with Crippen LogP contribution < -0.4 is 0 Å². The van der Waals surface area contributed by atoms with Crippen LogP contribution in [-0.4, -0.2) is 24.4 Å². The van der Waals surface area contributed by atoms with Gasteiger partial charge in [-0.05, 0) is 43.9 Å². The molecule has 0 radical (unpaired) electrons. The number of hydrogen-bond acceptors (Lipinski definition) is 2. The van der Waals surface area contributed by atoms with E-state index < -0.39 is 0 Å². The van der Waals surface area contributed by atoms with Crippen LogP contribution in [0, 0.1) is 11.8 Å². The van der Waals surface area contributed by atoms with Gasteiger partial charge in [0.05, 0.1) is 6.10 Å². The molecule has 1 aliphatic heterocycles. The van der Waals surface area contributed by atoms with Crippen LogP contribution in [0.3, 0.4) is 0 Å². The number of aliphatic hydroxyl groups is 1. The second-order valence-electron chi connectivity index (χ2n) is 5.26. The van der Waals surface area contributed by atoms with Crippen LogP contribution >= 0.6 is 0 Å². The summed E-state index contributed by atoms with van der Waals surface area (Å²) in [5.41, 5.74) is 0. The van der Waals surface area contributed by atoms with Crippen molar-refractivity contribution in [2.45, 2.75) is 57.5 Å². The lowest BCUT2D eigenvalue weighted by Crippen LogP contribution is -2.27. The van der Waals surface area contributed by atoms with E-state index >= 15 is 0 Å². The molecule has 0 aromatic rings. The molecule has 2 fully saturated rings. The molecule has 2 heteroatoms. The average Bonchev–Trinajstić information content (AvgIpc) is 2.31. The van der Waals surface area contributed by atoms with Crippen molar-refractivity contribution in [1.82, 2.24) is 0 Å². The maximum Gasteiger partial charge on any atom is 0.0571 e. The van der Waals surface area contributed by atoms with Crippen LogP contribution in [0.1, 0.15) is 51.4 Å². The molecule has 88 valence electrons. The third-order valence-corrected chi connectivity index (χ3v) is 4.11. The van der Waals surface area contributed by atoms with E-state index in [1.165, 1.54) is 32.1 Å². The Morgan fingerprint density at radius 2 is 1.67 bits per heavy atom. The molecule has 1 saturated carbocycles. The number of rotatable bonds is 3. The van der Waals surface area contributed by atoms with Gasteiger partial charge in [0.1, 0.15) is 0 Å². The quantitative estimate of drug-likeness (QED) is 0.779. The smallest absolute Gasteiger partial charge is 0.0571 e. The number of hydrogen-bond donors (Lipinski definition) is 1. The zero-order chi connectivity index (χ0) is 10.5. The van der Waals surface area contributed by atoms with Gasteiger partial charge in [0.25, 0.3) is 0 Å². The van der Waals surface area contributed by atoms with Crippen LogP contribution in [0.2, 0.25) is 0 Å². The summed E-state index contributed by atoms with van der Waals surface area (Å²) < 4.78 is 5.35. The van der Waals surface area contributed by atoms with Crippen molar-refractivity contribution in [3.8, 4) is 0 Å². The van der Waals surface area contributed by atoms with Crippen LogP contribution in [-0.2, 0) is 4.74 Å². The normalized spacial score (nSPS) is 27.8. The molecule has 1 heterocycles. The molecule has 1 saturated heterocycles. The highest BCUT2D eigenvalue weighted by atomic mass is 16.5.